The largest absolute Gasteiger partial charge is 0.261 e. The molecule has 0 spiro atoms. The zero-order chi connectivity index (χ0) is 19.2. The van der Waals surface area contributed by atoms with E-state index in [1.807, 2.05) is 0 Å². The predicted octanol–water partition coefficient (Wildman–Crippen LogP) is 7.05. The number of hydrogen-bond acceptors (Lipinski definition) is 0. The van der Waals surface area contributed by atoms with Gasteiger partial charge in [0.25, 0.3) is 0 Å². The number of hydrogen-bond donors (Lipinski definition) is 0. The van der Waals surface area contributed by atoms with Gasteiger partial charge >= 0.3 is 0 Å². The van der Waals surface area contributed by atoms with E-state index in [0.717, 1.165) is 24.2 Å². The van der Waals surface area contributed by atoms with Crippen LogP contribution in [0.15, 0.2) is 0 Å². The molecule has 0 heterocycles. The highest BCUT2D eigenvalue weighted by Gasteiger charge is 2.39. The topological polar surface area (TPSA) is 6.25 Å². The van der Waals surface area contributed by atoms with Gasteiger partial charge in [0.1, 0.15) is 0 Å². The molecule has 0 atom stereocenters. The van der Waals surface area contributed by atoms with Crippen molar-refractivity contribution in [1.29, 1.82) is 0 Å². The van der Waals surface area contributed by atoms with E-state index in [-0.39, 0.29) is 0 Å². The summed E-state index contributed by atoms with van der Waals surface area (Å²) in [6.07, 6.45) is 29.3. The molecule has 0 saturated heterocycles. The van der Waals surface area contributed by atoms with Gasteiger partial charge in [0.2, 0.25) is 5.84 Å². The summed E-state index contributed by atoms with van der Waals surface area (Å²) < 4.78 is 3.04. The Kier molecular flexibility index (Phi) is 7.76. The molecule has 28 heavy (non-hydrogen) atoms. The van der Waals surface area contributed by atoms with E-state index >= 15 is 0 Å². The van der Waals surface area contributed by atoms with Gasteiger partial charge in [-0.05, 0) is 103 Å². The normalized spacial score (nSPS) is 26.9. The Bertz CT molecular complexity index is 449. The monoisotopic (exact) mass is 387 g/mol. The second-order valence-electron chi connectivity index (χ2n) is 10.5. The van der Waals surface area contributed by atoms with Crippen LogP contribution in [0.1, 0.15) is 135 Å². The first-order valence-electron chi connectivity index (χ1n) is 13.2. The second kappa shape index (κ2) is 10.5. The molecule has 0 aromatic heterocycles. The Hall–Kier alpha value is -0.530. The second-order valence-corrected chi connectivity index (χ2v) is 10.5. The molecule has 0 N–H and O–H groups in total. The Balaban J connectivity index is 1.66. The molecule has 4 fully saturated rings. The lowest BCUT2D eigenvalue weighted by molar-refractivity contribution is -0.612. The Labute approximate surface area is 175 Å². The summed E-state index contributed by atoms with van der Waals surface area (Å²) in [5.41, 5.74) is 0. The van der Waals surface area contributed by atoms with Gasteiger partial charge in [-0.15, -0.1) is 0 Å². The minimum atomic E-state index is 0.839. The quantitative estimate of drug-likeness (QED) is 0.284. The van der Waals surface area contributed by atoms with E-state index in [9.17, 15) is 0 Å². The summed E-state index contributed by atoms with van der Waals surface area (Å²) in [7, 11) is 0. The molecule has 0 aromatic carbocycles. The van der Waals surface area contributed by atoms with E-state index < -0.39 is 0 Å². The molecule has 4 aliphatic carbocycles. The van der Waals surface area contributed by atoms with Crippen molar-refractivity contribution in [2.75, 3.05) is 0 Å². The van der Waals surface area contributed by atoms with E-state index in [1.54, 1.807) is 5.84 Å². The van der Waals surface area contributed by atoms with Crippen LogP contribution >= 0.6 is 0 Å². The number of rotatable bonds is 4. The van der Waals surface area contributed by atoms with Crippen molar-refractivity contribution < 1.29 is 4.58 Å². The lowest BCUT2D eigenvalue weighted by Crippen LogP contribution is -2.54. The Morgan fingerprint density at radius 3 is 1.18 bits per heavy atom. The fraction of sp³-hybridized carbons (Fsp3) is 0.962. The molecule has 0 aromatic rings. The maximum Gasteiger partial charge on any atom is 0.244 e. The molecular formula is C26H47N2+. The third-order valence-electron chi connectivity index (χ3n) is 8.62. The number of nitrogens with zero attached hydrogens (tertiary/aromatic N) is 2. The summed E-state index contributed by atoms with van der Waals surface area (Å²) in [6.45, 7) is 2.56. The summed E-state index contributed by atoms with van der Waals surface area (Å²) >= 11 is 0. The summed E-state index contributed by atoms with van der Waals surface area (Å²) in [5, 5.41) is 0. The van der Waals surface area contributed by atoms with Crippen LogP contribution in [0.3, 0.4) is 0 Å². The van der Waals surface area contributed by atoms with Gasteiger partial charge < -0.3 is 0 Å². The fourth-order valence-electron chi connectivity index (χ4n) is 7.22. The minimum Gasteiger partial charge on any atom is -0.261 e. The lowest BCUT2D eigenvalue weighted by Gasteiger charge is -2.41. The van der Waals surface area contributed by atoms with Crippen molar-refractivity contribution in [3.8, 4) is 0 Å². The van der Waals surface area contributed by atoms with E-state index in [4.69, 9.17) is 0 Å². The van der Waals surface area contributed by atoms with Crippen molar-refractivity contribution in [3.63, 3.8) is 0 Å². The standard InChI is InChI=1S/C26H47N2/c1-22(27(23-14-6-2-7-15-23)24-16-8-3-9-17-24)28(25-18-10-4-11-19-25)26-20-12-5-13-21-26/h23-26H,2-21H2,1H3/q+1. The van der Waals surface area contributed by atoms with Crippen molar-refractivity contribution in [1.82, 2.24) is 4.90 Å². The van der Waals surface area contributed by atoms with Crippen LogP contribution in [0.4, 0.5) is 0 Å². The maximum absolute atomic E-state index is 3.04. The molecule has 0 bridgehead atoms. The Morgan fingerprint density at radius 2 is 0.821 bits per heavy atom. The Morgan fingerprint density at radius 1 is 0.500 bits per heavy atom. The van der Waals surface area contributed by atoms with Crippen molar-refractivity contribution in [3.05, 3.63) is 0 Å². The first-order chi connectivity index (χ1) is 13.8. The molecule has 4 aliphatic rings. The molecule has 4 saturated carbocycles. The molecule has 0 aliphatic heterocycles. The highest BCUT2D eigenvalue weighted by molar-refractivity contribution is 5.75. The van der Waals surface area contributed by atoms with Crippen molar-refractivity contribution >= 4 is 5.84 Å². The van der Waals surface area contributed by atoms with Gasteiger partial charge in [0, 0.05) is 6.92 Å². The lowest BCUT2D eigenvalue weighted by atomic mass is 9.87. The van der Waals surface area contributed by atoms with Gasteiger partial charge in [-0.1, -0.05) is 25.7 Å². The highest BCUT2D eigenvalue weighted by atomic mass is 15.3. The summed E-state index contributed by atoms with van der Waals surface area (Å²) in [6, 6.07) is 3.36. The fourth-order valence-corrected chi connectivity index (χ4v) is 7.22. The van der Waals surface area contributed by atoms with Crippen LogP contribution in [0.25, 0.3) is 0 Å². The average Bonchev–Trinajstić information content (AvgIpc) is 2.77. The minimum absolute atomic E-state index is 0.839. The average molecular weight is 388 g/mol. The molecule has 0 unspecified atom stereocenters. The summed E-state index contributed by atoms with van der Waals surface area (Å²) in [4.78, 5) is 3.04. The third kappa shape index (κ3) is 4.96. The van der Waals surface area contributed by atoms with E-state index in [1.165, 1.54) is 128 Å². The highest BCUT2D eigenvalue weighted by Crippen LogP contribution is 2.33. The number of amidine groups is 1. The van der Waals surface area contributed by atoms with Gasteiger partial charge in [-0.25, -0.2) is 0 Å². The SMILES string of the molecule is CC(N(C1CCCCC1)C1CCCCC1)=[N+](C1CCCCC1)C1CCCCC1. The predicted molar refractivity (Wildman–Crippen MR) is 120 cm³/mol. The van der Waals surface area contributed by atoms with Crippen molar-refractivity contribution in [2.24, 2.45) is 0 Å². The van der Waals surface area contributed by atoms with Crippen LogP contribution in [0, 0.1) is 0 Å². The van der Waals surface area contributed by atoms with Crippen LogP contribution in [-0.4, -0.2) is 39.5 Å². The first-order valence-corrected chi connectivity index (χ1v) is 13.2. The molecule has 160 valence electrons. The zero-order valence-corrected chi connectivity index (χ0v) is 18.8. The van der Waals surface area contributed by atoms with Gasteiger partial charge in [-0.3, -0.25) is 9.48 Å². The molecule has 2 nitrogen and oxygen atoms in total. The summed E-state index contributed by atoms with van der Waals surface area (Å²) in [5.74, 6) is 1.72. The maximum atomic E-state index is 3.04. The van der Waals surface area contributed by atoms with Gasteiger partial charge in [0.05, 0.1) is 24.2 Å². The van der Waals surface area contributed by atoms with Crippen molar-refractivity contribution in [2.45, 2.75) is 160 Å². The smallest absolute Gasteiger partial charge is 0.244 e. The third-order valence-corrected chi connectivity index (χ3v) is 8.62. The van der Waals surface area contributed by atoms with E-state index in [2.05, 4.69) is 16.4 Å². The van der Waals surface area contributed by atoms with Crippen LogP contribution in [0.5, 0.6) is 0 Å². The molecule has 0 amide bonds. The first kappa shape index (κ1) is 20.7. The molecular weight excluding hydrogens is 340 g/mol. The van der Waals surface area contributed by atoms with Crippen LogP contribution < -0.4 is 0 Å². The van der Waals surface area contributed by atoms with Gasteiger partial charge in [0.15, 0.2) is 0 Å². The van der Waals surface area contributed by atoms with Crippen LogP contribution in [0.2, 0.25) is 0 Å². The molecule has 2 heteroatoms. The molecule has 0 radical (unpaired) electrons. The van der Waals surface area contributed by atoms with E-state index in [0.29, 0.717) is 0 Å². The molecule has 4 rings (SSSR count). The van der Waals surface area contributed by atoms with Gasteiger partial charge in [-0.2, -0.15) is 0 Å². The van der Waals surface area contributed by atoms with Crippen LogP contribution in [-0.2, 0) is 0 Å². The zero-order valence-electron chi connectivity index (χ0n) is 18.8.